The minimum absolute atomic E-state index is 0.0417. The van der Waals surface area contributed by atoms with Crippen LogP contribution < -0.4 is 4.18 Å². The van der Waals surface area contributed by atoms with Gasteiger partial charge in [-0.25, -0.2) is 0 Å². The summed E-state index contributed by atoms with van der Waals surface area (Å²) >= 11 is 17.6. The Balaban J connectivity index is 2.39. The number of rotatable bonds is 4. The number of hydrogen-bond donors (Lipinski definition) is 1. The van der Waals surface area contributed by atoms with Gasteiger partial charge in [0.05, 0.1) is 16.3 Å². The molecule has 116 valence electrons. The highest BCUT2D eigenvalue weighted by Crippen LogP contribution is 2.36. The highest BCUT2D eigenvalue weighted by Gasteiger charge is 2.21. The van der Waals surface area contributed by atoms with E-state index in [0.29, 0.717) is 10.6 Å². The highest BCUT2D eigenvalue weighted by atomic mass is 35.5. The van der Waals surface area contributed by atoms with E-state index in [2.05, 4.69) is 5.16 Å². The van der Waals surface area contributed by atoms with Gasteiger partial charge in [0, 0.05) is 5.02 Å². The Morgan fingerprint density at radius 1 is 1.05 bits per heavy atom. The molecule has 0 radical (unpaired) electrons. The quantitative estimate of drug-likeness (QED) is 0.373. The Labute approximate surface area is 141 Å². The van der Waals surface area contributed by atoms with Crippen molar-refractivity contribution >= 4 is 51.1 Å². The van der Waals surface area contributed by atoms with Crippen LogP contribution in [0.25, 0.3) is 0 Å². The Kier molecular flexibility index (Phi) is 5.18. The summed E-state index contributed by atoms with van der Waals surface area (Å²) in [6, 6.07) is 8.13. The number of benzene rings is 2. The van der Waals surface area contributed by atoms with E-state index in [1.54, 1.807) is 0 Å². The summed E-state index contributed by atoms with van der Waals surface area (Å²) in [7, 11) is -4.11. The van der Waals surface area contributed by atoms with Gasteiger partial charge in [-0.2, -0.15) is 8.42 Å². The Morgan fingerprint density at radius 2 is 1.59 bits per heavy atom. The molecule has 0 aromatic heterocycles. The van der Waals surface area contributed by atoms with Crippen molar-refractivity contribution in [2.24, 2.45) is 5.16 Å². The molecule has 0 aliphatic rings. The smallest absolute Gasteiger partial charge is 0.339 e. The molecule has 2 aromatic rings. The predicted octanol–water partition coefficient (Wildman–Crippen LogP) is 4.22. The molecule has 9 heteroatoms. The van der Waals surface area contributed by atoms with E-state index in [1.807, 2.05) is 0 Å². The van der Waals surface area contributed by atoms with Gasteiger partial charge in [-0.1, -0.05) is 40.0 Å². The lowest BCUT2D eigenvalue weighted by Crippen LogP contribution is -2.10. The van der Waals surface area contributed by atoms with Gasteiger partial charge < -0.3 is 9.39 Å². The molecule has 2 rings (SSSR count). The Morgan fingerprint density at radius 3 is 2.09 bits per heavy atom. The Bertz CT molecular complexity index is 797. The van der Waals surface area contributed by atoms with Gasteiger partial charge in [-0.05, 0) is 42.0 Å². The van der Waals surface area contributed by atoms with Crippen LogP contribution in [0.4, 0.5) is 0 Å². The van der Waals surface area contributed by atoms with Crippen molar-refractivity contribution in [3.05, 3.63) is 57.0 Å². The Hall–Kier alpha value is -1.47. The van der Waals surface area contributed by atoms with Crippen LogP contribution in [0.2, 0.25) is 15.1 Å². The molecular weight excluding hydrogens is 373 g/mol. The molecule has 0 atom stereocenters. The second-order valence-corrected chi connectivity index (χ2v) is 6.85. The van der Waals surface area contributed by atoms with Crippen molar-refractivity contribution in [2.45, 2.75) is 4.90 Å². The number of hydrogen-bond acceptors (Lipinski definition) is 5. The third kappa shape index (κ3) is 3.84. The molecule has 0 saturated heterocycles. The van der Waals surface area contributed by atoms with Gasteiger partial charge in [0.15, 0.2) is 5.75 Å². The zero-order valence-electron chi connectivity index (χ0n) is 10.7. The maximum absolute atomic E-state index is 12.2. The molecule has 0 aliphatic carbocycles. The van der Waals surface area contributed by atoms with E-state index in [0.717, 1.165) is 6.21 Å². The van der Waals surface area contributed by atoms with Gasteiger partial charge in [-0.3, -0.25) is 0 Å². The maximum atomic E-state index is 12.2. The van der Waals surface area contributed by atoms with Crippen molar-refractivity contribution in [1.82, 2.24) is 0 Å². The zero-order valence-corrected chi connectivity index (χ0v) is 13.8. The first-order valence-electron chi connectivity index (χ1n) is 5.70. The predicted molar refractivity (Wildman–Crippen MR) is 85.1 cm³/mol. The second kappa shape index (κ2) is 6.75. The number of halogens is 3. The van der Waals surface area contributed by atoms with Crippen LogP contribution >= 0.6 is 34.8 Å². The molecular formula is C13H8Cl3NO4S. The van der Waals surface area contributed by atoms with Crippen LogP contribution in [0.3, 0.4) is 0 Å². The van der Waals surface area contributed by atoms with Crippen LogP contribution in [-0.2, 0) is 10.1 Å². The molecule has 0 aliphatic heterocycles. The molecule has 0 unspecified atom stereocenters. The second-order valence-electron chi connectivity index (χ2n) is 4.05. The van der Waals surface area contributed by atoms with Gasteiger partial charge in [-0.15, -0.1) is 0 Å². The van der Waals surface area contributed by atoms with Crippen molar-refractivity contribution in [3.63, 3.8) is 0 Å². The van der Waals surface area contributed by atoms with Crippen LogP contribution in [0.5, 0.6) is 5.75 Å². The average molecular weight is 381 g/mol. The molecule has 0 amide bonds. The highest BCUT2D eigenvalue weighted by molar-refractivity contribution is 7.87. The zero-order chi connectivity index (χ0) is 16.3. The molecule has 2 aromatic carbocycles. The van der Waals surface area contributed by atoms with Gasteiger partial charge in [0.2, 0.25) is 0 Å². The van der Waals surface area contributed by atoms with Crippen LogP contribution in [0.1, 0.15) is 5.56 Å². The topological polar surface area (TPSA) is 76.0 Å². The lowest BCUT2D eigenvalue weighted by atomic mass is 10.2. The first-order valence-corrected chi connectivity index (χ1v) is 8.24. The first-order chi connectivity index (χ1) is 10.3. The van der Waals surface area contributed by atoms with E-state index >= 15 is 0 Å². The molecule has 0 spiro atoms. The number of nitrogens with zero attached hydrogens (tertiary/aromatic N) is 1. The summed E-state index contributed by atoms with van der Waals surface area (Å²) < 4.78 is 29.3. The SMILES string of the molecule is O=S(=O)(Oc1c(Cl)cc(/C=N\O)cc1Cl)c1ccc(Cl)cc1. The third-order valence-corrected chi connectivity index (χ3v) is 4.57. The van der Waals surface area contributed by atoms with E-state index in [4.69, 9.17) is 44.2 Å². The van der Waals surface area contributed by atoms with Crippen molar-refractivity contribution in [2.75, 3.05) is 0 Å². The standard InChI is InChI=1S/C13H8Cl3NO4S/c14-9-1-3-10(4-2-9)22(19,20)21-13-11(15)5-8(7-17-18)6-12(13)16/h1-7,18H/b17-7-. The summed E-state index contributed by atoms with van der Waals surface area (Å²) in [5.74, 6) is -0.214. The maximum Gasteiger partial charge on any atom is 0.339 e. The minimum atomic E-state index is -4.11. The molecule has 0 heterocycles. The summed E-state index contributed by atoms with van der Waals surface area (Å²) in [6.45, 7) is 0. The fourth-order valence-electron chi connectivity index (χ4n) is 1.56. The monoisotopic (exact) mass is 379 g/mol. The van der Waals surface area contributed by atoms with Crippen molar-refractivity contribution in [3.8, 4) is 5.75 Å². The fraction of sp³-hybridized carbons (Fsp3) is 0. The third-order valence-electron chi connectivity index (χ3n) is 2.52. The summed E-state index contributed by atoms with van der Waals surface area (Å²) in [6.07, 6.45) is 1.09. The average Bonchev–Trinajstić information content (AvgIpc) is 2.44. The largest absolute Gasteiger partial charge is 0.411 e. The normalized spacial score (nSPS) is 11.8. The molecule has 0 bridgehead atoms. The van der Waals surface area contributed by atoms with Crippen molar-refractivity contribution in [1.29, 1.82) is 0 Å². The lowest BCUT2D eigenvalue weighted by molar-refractivity contribution is 0.322. The fourth-order valence-corrected chi connectivity index (χ4v) is 3.32. The van der Waals surface area contributed by atoms with Crippen LogP contribution in [-0.4, -0.2) is 19.8 Å². The first kappa shape index (κ1) is 16.9. The van der Waals surface area contributed by atoms with E-state index in [-0.39, 0.29) is 20.7 Å². The van der Waals surface area contributed by atoms with Crippen LogP contribution in [0.15, 0.2) is 46.4 Å². The molecule has 5 nitrogen and oxygen atoms in total. The summed E-state index contributed by atoms with van der Waals surface area (Å²) in [5, 5.41) is 11.6. The van der Waals surface area contributed by atoms with Crippen molar-refractivity contribution < 1.29 is 17.8 Å². The summed E-state index contributed by atoms with van der Waals surface area (Å²) in [4.78, 5) is -0.0926. The van der Waals surface area contributed by atoms with Gasteiger partial charge >= 0.3 is 10.1 Å². The van der Waals surface area contributed by atoms with E-state index in [1.165, 1.54) is 36.4 Å². The van der Waals surface area contributed by atoms with Crippen LogP contribution in [0, 0.1) is 0 Å². The minimum Gasteiger partial charge on any atom is -0.411 e. The van der Waals surface area contributed by atoms with Gasteiger partial charge in [0.25, 0.3) is 0 Å². The molecule has 0 fully saturated rings. The molecule has 22 heavy (non-hydrogen) atoms. The van der Waals surface area contributed by atoms with Gasteiger partial charge in [0.1, 0.15) is 4.90 Å². The molecule has 0 saturated carbocycles. The van der Waals surface area contributed by atoms with E-state index in [9.17, 15) is 8.42 Å². The summed E-state index contributed by atoms with van der Waals surface area (Å²) in [5.41, 5.74) is 0.383. The molecule has 1 N–H and O–H groups in total. The van der Waals surface area contributed by atoms with E-state index < -0.39 is 10.1 Å². The number of oxime groups is 1. The lowest BCUT2D eigenvalue weighted by Gasteiger charge is -2.11.